The average Bonchev–Trinajstić information content (AvgIpc) is 2.48. The lowest BCUT2D eigenvalue weighted by Gasteiger charge is -2.33. The van der Waals surface area contributed by atoms with Gasteiger partial charge in [-0.2, -0.15) is 5.26 Å². The first-order valence-corrected chi connectivity index (χ1v) is 5.86. The summed E-state index contributed by atoms with van der Waals surface area (Å²) in [6.07, 6.45) is 0. The van der Waals surface area contributed by atoms with E-state index in [0.717, 1.165) is 13.1 Å². The third kappa shape index (κ3) is 2.25. The van der Waals surface area contributed by atoms with Crippen molar-refractivity contribution in [1.29, 1.82) is 5.26 Å². The van der Waals surface area contributed by atoms with Gasteiger partial charge in [0, 0.05) is 24.6 Å². The van der Waals surface area contributed by atoms with E-state index in [1.807, 2.05) is 0 Å². The highest BCUT2D eigenvalue weighted by molar-refractivity contribution is 5.77. The van der Waals surface area contributed by atoms with E-state index in [-0.39, 0.29) is 11.3 Å². The second-order valence-electron chi connectivity index (χ2n) is 4.49. The van der Waals surface area contributed by atoms with Crippen molar-refractivity contribution in [1.82, 2.24) is 0 Å². The predicted octanol–water partition coefficient (Wildman–Crippen LogP) is 0.366. The lowest BCUT2D eigenvalue weighted by molar-refractivity contribution is -0.447. The van der Waals surface area contributed by atoms with Crippen LogP contribution in [0.3, 0.4) is 0 Å². The van der Waals surface area contributed by atoms with Crippen molar-refractivity contribution in [2.45, 2.75) is 5.92 Å². The molecule has 0 spiro atoms. The molecule has 0 radical (unpaired) electrons. The van der Waals surface area contributed by atoms with Crippen LogP contribution in [0.15, 0.2) is 23.7 Å². The molecular formula is C11H6N5O7-. The van der Waals surface area contributed by atoms with Crippen LogP contribution in [-0.4, -0.2) is 21.8 Å². The van der Waals surface area contributed by atoms with Gasteiger partial charge >= 0.3 is 0 Å². The summed E-state index contributed by atoms with van der Waals surface area (Å²) >= 11 is 0. The summed E-state index contributed by atoms with van der Waals surface area (Å²) in [6.45, 7) is 0. The molecule has 0 fully saturated rings. The molecule has 1 aliphatic heterocycles. The number of fused-ring (bicyclic) bond motifs is 1. The zero-order valence-electron chi connectivity index (χ0n) is 11.3. The second-order valence-corrected chi connectivity index (χ2v) is 4.49. The van der Waals surface area contributed by atoms with E-state index in [0.29, 0.717) is 11.0 Å². The molecule has 1 unspecified atom stereocenters. The number of hydrogen-bond donors (Lipinski definition) is 0. The first kappa shape index (κ1) is 15.6. The fourth-order valence-corrected chi connectivity index (χ4v) is 2.31. The highest BCUT2D eigenvalue weighted by Crippen LogP contribution is 2.45. The molecule has 0 bridgehead atoms. The van der Waals surface area contributed by atoms with Gasteiger partial charge in [-0.1, -0.05) is 0 Å². The number of nitriles is 1. The minimum absolute atomic E-state index is 0.331. The van der Waals surface area contributed by atoms with E-state index in [9.17, 15) is 35.4 Å². The monoisotopic (exact) mass is 320 g/mol. The zero-order chi connectivity index (χ0) is 17.5. The van der Waals surface area contributed by atoms with Crippen molar-refractivity contribution in [2.24, 2.45) is 0 Å². The maximum Gasteiger partial charge on any atom is 0.300 e. The molecule has 12 nitrogen and oxygen atoms in total. The van der Waals surface area contributed by atoms with Crippen molar-refractivity contribution in [3.05, 3.63) is 59.6 Å². The van der Waals surface area contributed by atoms with Crippen molar-refractivity contribution < 1.29 is 19.9 Å². The molecule has 23 heavy (non-hydrogen) atoms. The zero-order valence-corrected chi connectivity index (χ0v) is 11.3. The van der Waals surface area contributed by atoms with Crippen LogP contribution in [0.1, 0.15) is 11.5 Å². The Balaban J connectivity index is 2.90. The first-order chi connectivity index (χ1) is 10.7. The molecule has 0 N–H and O–H groups in total. The fourth-order valence-electron chi connectivity index (χ4n) is 2.31. The van der Waals surface area contributed by atoms with Gasteiger partial charge in [-0.15, -0.1) is 0 Å². The van der Waals surface area contributed by atoms with Crippen LogP contribution in [0, 0.1) is 41.7 Å². The molecule has 1 aliphatic rings. The molecule has 1 atom stereocenters. The summed E-state index contributed by atoms with van der Waals surface area (Å²) in [4.78, 5) is 30.7. The summed E-state index contributed by atoms with van der Waals surface area (Å²) in [5, 5.41) is 54.2. The largest absolute Gasteiger partial charge is 0.856 e. The molecular weight excluding hydrogens is 314 g/mol. The lowest BCUT2D eigenvalue weighted by Crippen LogP contribution is -2.36. The molecule has 2 rings (SSSR count). The standard InChI is InChI=1S/C11H7N5O7/c1-13-9-6(7(4-12)10(11(13)17)16(22)23)2-5(14(18)19)3-8(9)15(20)21/h2-3,7,17H,1H3/p-1. The summed E-state index contributed by atoms with van der Waals surface area (Å²) in [7, 11) is 1.05. The summed E-state index contributed by atoms with van der Waals surface area (Å²) in [5.41, 5.74) is -3.21. The smallest absolute Gasteiger partial charge is 0.300 e. The van der Waals surface area contributed by atoms with Crippen LogP contribution in [0.4, 0.5) is 17.1 Å². The Bertz CT molecular complexity index is 825. The van der Waals surface area contributed by atoms with Crippen LogP contribution >= 0.6 is 0 Å². The second kappa shape index (κ2) is 5.22. The summed E-state index contributed by atoms with van der Waals surface area (Å²) in [5.74, 6) is -2.94. The van der Waals surface area contributed by atoms with Crippen LogP contribution in [0.25, 0.3) is 0 Å². The fraction of sp³-hybridized carbons (Fsp3) is 0.182. The van der Waals surface area contributed by atoms with Crippen molar-refractivity contribution in [3.8, 4) is 6.07 Å². The Morgan fingerprint density at radius 1 is 1.13 bits per heavy atom. The summed E-state index contributed by atoms with van der Waals surface area (Å²) in [6, 6.07) is 2.96. The summed E-state index contributed by atoms with van der Waals surface area (Å²) < 4.78 is 0. The molecule has 0 saturated carbocycles. The normalized spacial score (nSPS) is 16.5. The number of nitrogens with zero attached hydrogens (tertiary/aromatic N) is 5. The quantitative estimate of drug-likeness (QED) is 0.561. The molecule has 0 amide bonds. The topological polar surface area (TPSA) is 180 Å². The van der Waals surface area contributed by atoms with Gasteiger partial charge in [0.05, 0.1) is 26.9 Å². The Morgan fingerprint density at radius 3 is 2.17 bits per heavy atom. The van der Waals surface area contributed by atoms with Gasteiger partial charge in [0.2, 0.25) is 0 Å². The van der Waals surface area contributed by atoms with E-state index in [4.69, 9.17) is 5.26 Å². The van der Waals surface area contributed by atoms with Gasteiger partial charge in [0.25, 0.3) is 17.1 Å². The number of allylic oxidation sites excluding steroid dienone is 1. The number of hydrogen-bond acceptors (Lipinski definition) is 9. The Hall–Kier alpha value is -3.75. The van der Waals surface area contributed by atoms with Gasteiger partial charge < -0.3 is 10.0 Å². The van der Waals surface area contributed by atoms with Gasteiger partial charge in [0.1, 0.15) is 5.69 Å². The predicted molar refractivity (Wildman–Crippen MR) is 70.5 cm³/mol. The molecule has 1 aromatic carbocycles. The molecule has 1 heterocycles. The number of non-ortho nitro benzene ring substituents is 1. The molecule has 12 heteroatoms. The van der Waals surface area contributed by atoms with Crippen molar-refractivity contribution >= 4 is 17.1 Å². The Kier molecular flexibility index (Phi) is 3.55. The molecule has 0 aliphatic carbocycles. The highest BCUT2D eigenvalue weighted by Gasteiger charge is 2.41. The minimum Gasteiger partial charge on any atom is -0.856 e. The van der Waals surface area contributed by atoms with Gasteiger partial charge in [-0.25, -0.2) is 0 Å². The molecule has 1 aromatic rings. The number of benzene rings is 1. The first-order valence-electron chi connectivity index (χ1n) is 5.86. The maximum absolute atomic E-state index is 12.0. The Labute approximate surface area is 126 Å². The lowest BCUT2D eigenvalue weighted by atomic mass is 9.90. The molecule has 0 saturated heterocycles. The van der Waals surface area contributed by atoms with Crippen LogP contribution in [0.2, 0.25) is 0 Å². The maximum atomic E-state index is 12.0. The van der Waals surface area contributed by atoms with Gasteiger partial charge in [-0.05, 0) is 0 Å². The van der Waals surface area contributed by atoms with Gasteiger partial charge in [0.15, 0.2) is 5.92 Å². The van der Waals surface area contributed by atoms with Crippen LogP contribution in [0.5, 0.6) is 0 Å². The van der Waals surface area contributed by atoms with E-state index < -0.39 is 43.6 Å². The number of nitro benzene ring substituents is 2. The third-order valence-corrected chi connectivity index (χ3v) is 3.28. The number of nitro groups is 3. The average molecular weight is 320 g/mol. The van der Waals surface area contributed by atoms with Gasteiger partial charge in [-0.3, -0.25) is 30.3 Å². The van der Waals surface area contributed by atoms with Crippen LogP contribution < -0.4 is 10.0 Å². The SMILES string of the molecule is CN1C([O-])=C([N+](=O)[O-])C(C#N)c2cc([N+](=O)[O-])cc([N+](=O)[O-])c21. The van der Waals surface area contributed by atoms with E-state index in [1.165, 1.54) is 6.07 Å². The van der Waals surface area contributed by atoms with Crippen molar-refractivity contribution in [3.63, 3.8) is 0 Å². The molecule has 118 valence electrons. The van der Waals surface area contributed by atoms with Crippen molar-refractivity contribution in [2.75, 3.05) is 11.9 Å². The van der Waals surface area contributed by atoms with E-state index >= 15 is 0 Å². The minimum atomic E-state index is -1.75. The highest BCUT2D eigenvalue weighted by atomic mass is 16.6. The number of anilines is 1. The number of rotatable bonds is 3. The van der Waals surface area contributed by atoms with E-state index in [1.54, 1.807) is 0 Å². The molecule has 0 aromatic heterocycles. The van der Waals surface area contributed by atoms with E-state index in [2.05, 4.69) is 0 Å². The van der Waals surface area contributed by atoms with Crippen LogP contribution in [-0.2, 0) is 0 Å². The third-order valence-electron chi connectivity index (χ3n) is 3.28. The Morgan fingerprint density at radius 2 is 1.74 bits per heavy atom.